The highest BCUT2D eigenvalue weighted by molar-refractivity contribution is 6.05. The number of hydrogen-bond acceptors (Lipinski definition) is 2. The highest BCUT2D eigenvalue weighted by atomic mass is 16.3. The minimum atomic E-state index is 0.540. The van der Waals surface area contributed by atoms with Crippen molar-refractivity contribution in [2.75, 3.05) is 0 Å². The van der Waals surface area contributed by atoms with Crippen LogP contribution in [0.25, 0.3) is 44.3 Å². The normalized spacial score (nSPS) is 14.6. The van der Waals surface area contributed by atoms with E-state index >= 15 is 0 Å². The summed E-state index contributed by atoms with van der Waals surface area (Å²) < 4.78 is 5.97. The lowest BCUT2D eigenvalue weighted by Crippen LogP contribution is -2.12. The first kappa shape index (κ1) is 21.1. The Labute approximate surface area is 211 Å². The molecule has 0 saturated heterocycles. The minimum absolute atomic E-state index is 0.540. The molecule has 0 saturated carbocycles. The van der Waals surface area contributed by atoms with Gasteiger partial charge in [-0.05, 0) is 83.7 Å². The van der Waals surface area contributed by atoms with Crippen LogP contribution < -0.4 is 0 Å². The van der Waals surface area contributed by atoms with E-state index < -0.39 is 0 Å². The average Bonchev–Trinajstić information content (AvgIpc) is 3.29. The Morgan fingerprint density at radius 2 is 1.64 bits per heavy atom. The first-order valence-electron chi connectivity index (χ1n) is 12.8. The van der Waals surface area contributed by atoms with Gasteiger partial charge in [0.05, 0.1) is 0 Å². The first-order valence-corrected chi connectivity index (χ1v) is 12.8. The van der Waals surface area contributed by atoms with Gasteiger partial charge in [-0.15, -0.1) is 0 Å². The van der Waals surface area contributed by atoms with E-state index in [2.05, 4.69) is 103 Å². The number of fused-ring (bicyclic) bond motifs is 6. The van der Waals surface area contributed by atoms with Crippen molar-refractivity contribution < 1.29 is 4.42 Å². The van der Waals surface area contributed by atoms with Crippen LogP contribution in [0.1, 0.15) is 34.6 Å². The molecule has 1 aliphatic carbocycles. The van der Waals surface area contributed by atoms with Crippen LogP contribution in [0.5, 0.6) is 0 Å². The maximum Gasteiger partial charge on any atom is 0.227 e. The second-order valence-electron chi connectivity index (χ2n) is 10.1. The Morgan fingerprint density at radius 3 is 2.58 bits per heavy atom. The van der Waals surface area contributed by atoms with Crippen LogP contribution in [0.4, 0.5) is 0 Å². The molecule has 1 aliphatic rings. The maximum absolute atomic E-state index is 5.97. The summed E-state index contributed by atoms with van der Waals surface area (Å²) in [6.45, 7) is 2.11. The van der Waals surface area contributed by atoms with Gasteiger partial charge in [0, 0.05) is 22.5 Å². The lowest BCUT2D eigenvalue weighted by atomic mass is 9.76. The van der Waals surface area contributed by atoms with Crippen LogP contribution in [0.2, 0.25) is 0 Å². The summed E-state index contributed by atoms with van der Waals surface area (Å²) >= 11 is 0. The third-order valence-electron chi connectivity index (χ3n) is 7.70. The Balaban J connectivity index is 1.18. The Kier molecular flexibility index (Phi) is 4.99. The fourth-order valence-electron chi connectivity index (χ4n) is 5.87. The Bertz CT molecular complexity index is 1740. The van der Waals surface area contributed by atoms with Crippen LogP contribution in [-0.4, -0.2) is 4.98 Å². The highest BCUT2D eigenvalue weighted by Crippen LogP contribution is 2.41. The van der Waals surface area contributed by atoms with Gasteiger partial charge in [0.25, 0.3) is 0 Å². The van der Waals surface area contributed by atoms with Crippen LogP contribution in [0.15, 0.2) is 108 Å². The molecule has 2 nitrogen and oxygen atoms in total. The smallest absolute Gasteiger partial charge is 0.227 e. The number of hydrogen-bond donors (Lipinski definition) is 0. The molecular weight excluding hydrogens is 438 g/mol. The average molecular weight is 466 g/mol. The van der Waals surface area contributed by atoms with Crippen LogP contribution in [0.3, 0.4) is 0 Å². The molecule has 0 N–H and O–H groups in total. The van der Waals surface area contributed by atoms with Crippen LogP contribution >= 0.6 is 0 Å². The monoisotopic (exact) mass is 465 g/mol. The molecule has 7 rings (SSSR count). The van der Waals surface area contributed by atoms with E-state index in [-0.39, 0.29) is 0 Å². The van der Waals surface area contributed by atoms with Gasteiger partial charge in [-0.1, -0.05) is 84.4 Å². The van der Waals surface area contributed by atoms with E-state index in [1.807, 2.05) is 12.3 Å². The molecule has 2 heteroatoms. The number of furan rings is 1. The van der Waals surface area contributed by atoms with Crippen molar-refractivity contribution in [1.29, 1.82) is 0 Å². The third kappa shape index (κ3) is 3.61. The Morgan fingerprint density at radius 1 is 0.778 bits per heavy atom. The molecule has 4 aromatic carbocycles. The first-order chi connectivity index (χ1) is 17.7. The summed E-state index contributed by atoms with van der Waals surface area (Å²) in [4.78, 5) is 4.65. The number of nitrogens with zero attached hydrogens (tertiary/aromatic N) is 1. The molecule has 0 spiro atoms. The summed E-state index contributed by atoms with van der Waals surface area (Å²) in [6, 6.07) is 35.3. The van der Waals surface area contributed by atoms with E-state index in [4.69, 9.17) is 4.42 Å². The zero-order valence-corrected chi connectivity index (χ0v) is 20.4. The maximum atomic E-state index is 5.97. The predicted octanol–water partition coefficient (Wildman–Crippen LogP) is 8.90. The number of aromatic nitrogens is 1. The number of aryl methyl sites for hydroxylation is 2. The molecule has 6 aromatic rings. The molecule has 0 fully saturated rings. The summed E-state index contributed by atoms with van der Waals surface area (Å²) in [7, 11) is 0. The fraction of sp³-hybridized carbons (Fsp3) is 0.147. The minimum Gasteiger partial charge on any atom is -0.438 e. The van der Waals surface area contributed by atoms with Crippen LogP contribution in [0, 0.1) is 6.92 Å². The Hall–Kier alpha value is -4.17. The molecular formula is C34H27NO. The van der Waals surface area contributed by atoms with Gasteiger partial charge >= 0.3 is 0 Å². The summed E-state index contributed by atoms with van der Waals surface area (Å²) in [5.41, 5.74) is 12.3. The van der Waals surface area contributed by atoms with Gasteiger partial charge < -0.3 is 4.42 Å². The molecule has 2 aromatic heterocycles. The van der Waals surface area contributed by atoms with Crippen molar-refractivity contribution in [2.45, 2.75) is 32.1 Å². The fourth-order valence-corrected chi connectivity index (χ4v) is 5.87. The molecule has 0 aliphatic heterocycles. The van der Waals surface area contributed by atoms with Crippen molar-refractivity contribution in [2.24, 2.45) is 0 Å². The number of benzene rings is 4. The molecule has 0 amide bonds. The zero-order chi connectivity index (χ0) is 24.1. The van der Waals surface area contributed by atoms with E-state index in [9.17, 15) is 0 Å². The molecule has 36 heavy (non-hydrogen) atoms. The molecule has 1 atom stereocenters. The zero-order valence-electron chi connectivity index (χ0n) is 20.4. The van der Waals surface area contributed by atoms with Gasteiger partial charge in [0.2, 0.25) is 5.71 Å². The van der Waals surface area contributed by atoms with Crippen molar-refractivity contribution in [3.05, 3.63) is 126 Å². The lowest BCUT2D eigenvalue weighted by molar-refractivity contribution is 0.616. The van der Waals surface area contributed by atoms with Gasteiger partial charge in [0.15, 0.2) is 0 Å². The summed E-state index contributed by atoms with van der Waals surface area (Å²) in [5, 5.41) is 2.21. The lowest BCUT2D eigenvalue weighted by Gasteiger charge is -2.28. The van der Waals surface area contributed by atoms with E-state index in [1.54, 1.807) is 0 Å². The SMILES string of the molecule is Cc1ccc2oc3ncc(-c4cccc(CCC5Cc6ccccc6-c6ccccc65)c4)cc3c2c1. The summed E-state index contributed by atoms with van der Waals surface area (Å²) in [5.74, 6) is 0.540. The van der Waals surface area contributed by atoms with Gasteiger partial charge in [0.1, 0.15) is 5.58 Å². The largest absolute Gasteiger partial charge is 0.438 e. The quantitative estimate of drug-likeness (QED) is 0.260. The van der Waals surface area contributed by atoms with E-state index in [0.29, 0.717) is 11.6 Å². The standard InChI is InChI=1S/C34H27NO/c1-22-13-16-33-31(17-22)32-20-27(21-35-34(32)36-33)24-9-6-7-23(18-24)14-15-26-19-25-8-2-3-10-28(25)30-12-5-4-11-29(26)30/h2-13,16-18,20-21,26H,14-15,19H2,1H3. The highest BCUT2D eigenvalue weighted by Gasteiger charge is 2.23. The molecule has 1 unspecified atom stereocenters. The molecule has 174 valence electrons. The van der Waals surface area contributed by atoms with Crippen molar-refractivity contribution >= 4 is 22.1 Å². The number of rotatable bonds is 4. The second kappa shape index (κ2) is 8.49. The van der Waals surface area contributed by atoms with Crippen molar-refractivity contribution in [3.63, 3.8) is 0 Å². The summed E-state index contributed by atoms with van der Waals surface area (Å²) in [6.07, 6.45) is 5.24. The van der Waals surface area contributed by atoms with Crippen molar-refractivity contribution in [1.82, 2.24) is 4.98 Å². The van der Waals surface area contributed by atoms with Crippen molar-refractivity contribution in [3.8, 4) is 22.3 Å². The number of pyridine rings is 1. The van der Waals surface area contributed by atoms with Gasteiger partial charge in [-0.3, -0.25) is 0 Å². The van der Waals surface area contributed by atoms with E-state index in [1.165, 1.54) is 38.9 Å². The second-order valence-corrected chi connectivity index (χ2v) is 10.1. The topological polar surface area (TPSA) is 26.0 Å². The van der Waals surface area contributed by atoms with Gasteiger partial charge in [-0.2, -0.15) is 0 Å². The van der Waals surface area contributed by atoms with Crippen LogP contribution in [-0.2, 0) is 12.8 Å². The van der Waals surface area contributed by atoms with Gasteiger partial charge in [-0.25, -0.2) is 4.98 Å². The molecule has 0 radical (unpaired) electrons. The predicted molar refractivity (Wildman–Crippen MR) is 148 cm³/mol. The van der Waals surface area contributed by atoms with E-state index in [0.717, 1.165) is 41.2 Å². The third-order valence-corrected chi connectivity index (χ3v) is 7.70. The molecule has 0 bridgehead atoms. The molecule has 2 heterocycles.